The van der Waals surface area contributed by atoms with Gasteiger partial charge in [0, 0.05) is 12.6 Å². The Morgan fingerprint density at radius 3 is 3.00 bits per heavy atom. The molecule has 5 heteroatoms. The predicted octanol–water partition coefficient (Wildman–Crippen LogP) is 0.580. The number of phenols is 2. The average Bonchev–Trinajstić information content (AvgIpc) is 2.82. The summed E-state index contributed by atoms with van der Waals surface area (Å²) < 4.78 is 0. The van der Waals surface area contributed by atoms with Gasteiger partial charge < -0.3 is 20.8 Å². The first-order valence-electron chi connectivity index (χ1n) is 5.71. The number of carbonyl (C=O) groups is 1. The van der Waals surface area contributed by atoms with Crippen molar-refractivity contribution in [2.45, 2.75) is 18.9 Å². The van der Waals surface area contributed by atoms with Crippen molar-refractivity contribution in [3.63, 3.8) is 0 Å². The maximum atomic E-state index is 11.8. The molecule has 1 amide bonds. The van der Waals surface area contributed by atoms with E-state index >= 15 is 0 Å². The second-order valence-corrected chi connectivity index (χ2v) is 4.18. The van der Waals surface area contributed by atoms with Gasteiger partial charge in [-0.25, -0.2) is 0 Å². The third-order valence-corrected chi connectivity index (χ3v) is 2.93. The molecule has 5 nitrogen and oxygen atoms in total. The highest BCUT2D eigenvalue weighted by Crippen LogP contribution is 2.27. The number of carbonyl (C=O) groups excluding carboxylic acids is 1. The van der Waals surface area contributed by atoms with Gasteiger partial charge in [0.25, 0.3) is 5.91 Å². The Kier molecular flexibility index (Phi) is 3.49. The largest absolute Gasteiger partial charge is 0.504 e. The summed E-state index contributed by atoms with van der Waals surface area (Å²) in [5.41, 5.74) is 0.1000. The molecule has 1 fully saturated rings. The molecule has 1 unspecified atom stereocenters. The quantitative estimate of drug-likeness (QED) is 0.579. The van der Waals surface area contributed by atoms with Crippen LogP contribution in [0.25, 0.3) is 0 Å². The van der Waals surface area contributed by atoms with Crippen LogP contribution in [-0.4, -0.2) is 35.3 Å². The van der Waals surface area contributed by atoms with Crippen LogP contribution in [0.1, 0.15) is 23.2 Å². The highest BCUT2D eigenvalue weighted by Gasteiger charge is 2.17. The Hall–Kier alpha value is -1.75. The molecule has 0 radical (unpaired) electrons. The van der Waals surface area contributed by atoms with Crippen LogP contribution < -0.4 is 10.6 Å². The molecule has 0 aliphatic carbocycles. The van der Waals surface area contributed by atoms with Crippen LogP contribution >= 0.6 is 0 Å². The van der Waals surface area contributed by atoms with Crippen molar-refractivity contribution in [2.24, 2.45) is 0 Å². The lowest BCUT2D eigenvalue weighted by Crippen LogP contribution is -2.37. The van der Waals surface area contributed by atoms with E-state index in [0.29, 0.717) is 12.6 Å². The fourth-order valence-electron chi connectivity index (χ4n) is 1.96. The first-order chi connectivity index (χ1) is 8.18. The van der Waals surface area contributed by atoms with Crippen LogP contribution in [0.3, 0.4) is 0 Å². The number of amides is 1. The SMILES string of the molecule is O=C(NCC1CCCN1)c1cccc(O)c1O. The highest BCUT2D eigenvalue weighted by atomic mass is 16.3. The van der Waals surface area contributed by atoms with E-state index in [2.05, 4.69) is 10.6 Å². The van der Waals surface area contributed by atoms with Crippen molar-refractivity contribution in [3.05, 3.63) is 23.8 Å². The summed E-state index contributed by atoms with van der Waals surface area (Å²) in [7, 11) is 0. The molecule has 0 saturated carbocycles. The number of aromatic hydroxyl groups is 2. The van der Waals surface area contributed by atoms with Crippen molar-refractivity contribution in [2.75, 3.05) is 13.1 Å². The van der Waals surface area contributed by atoms with Gasteiger partial charge >= 0.3 is 0 Å². The molecule has 0 spiro atoms. The number of hydrogen-bond donors (Lipinski definition) is 4. The number of phenolic OH excluding ortho intramolecular Hbond substituents is 2. The smallest absolute Gasteiger partial charge is 0.255 e. The molecule has 4 N–H and O–H groups in total. The van der Waals surface area contributed by atoms with E-state index in [9.17, 15) is 15.0 Å². The first kappa shape index (κ1) is 11.7. The Labute approximate surface area is 99.5 Å². The molecule has 1 aromatic rings. The van der Waals surface area contributed by atoms with Gasteiger partial charge in [0.2, 0.25) is 0 Å². The van der Waals surface area contributed by atoms with E-state index in [-0.39, 0.29) is 23.0 Å². The first-order valence-corrected chi connectivity index (χ1v) is 5.71. The van der Waals surface area contributed by atoms with Crippen molar-refractivity contribution < 1.29 is 15.0 Å². The molecule has 1 atom stereocenters. The number of para-hydroxylation sites is 1. The van der Waals surface area contributed by atoms with Crippen LogP contribution in [0.5, 0.6) is 11.5 Å². The van der Waals surface area contributed by atoms with Crippen molar-refractivity contribution in [3.8, 4) is 11.5 Å². The Balaban J connectivity index is 1.97. The summed E-state index contributed by atoms with van der Waals surface area (Å²) in [6.07, 6.45) is 2.17. The summed E-state index contributed by atoms with van der Waals surface area (Å²) in [5, 5.41) is 24.8. The van der Waals surface area contributed by atoms with Crippen LogP contribution in [0.15, 0.2) is 18.2 Å². The van der Waals surface area contributed by atoms with E-state index in [1.54, 1.807) is 0 Å². The summed E-state index contributed by atoms with van der Waals surface area (Å²) >= 11 is 0. The molecule has 1 heterocycles. The molecule has 92 valence electrons. The normalized spacial score (nSPS) is 19.2. The lowest BCUT2D eigenvalue weighted by Gasteiger charge is -2.12. The van der Waals surface area contributed by atoms with Gasteiger partial charge in [-0.2, -0.15) is 0 Å². The fraction of sp³-hybridized carbons (Fsp3) is 0.417. The van der Waals surface area contributed by atoms with Crippen LogP contribution in [0.2, 0.25) is 0 Å². The zero-order valence-electron chi connectivity index (χ0n) is 9.44. The summed E-state index contributed by atoms with van der Waals surface area (Å²) in [6.45, 7) is 1.52. The van der Waals surface area contributed by atoms with Crippen LogP contribution in [-0.2, 0) is 0 Å². The summed E-state index contributed by atoms with van der Waals surface area (Å²) in [5.74, 6) is -1.02. The third kappa shape index (κ3) is 2.68. The monoisotopic (exact) mass is 236 g/mol. The van der Waals surface area contributed by atoms with Gasteiger partial charge in [-0.05, 0) is 31.5 Å². The minimum atomic E-state index is -0.371. The standard InChI is InChI=1S/C12H16N2O3/c15-10-5-1-4-9(11(10)16)12(17)14-7-8-3-2-6-13-8/h1,4-5,8,13,15-16H,2-3,6-7H2,(H,14,17). The van der Waals surface area contributed by atoms with Crippen molar-refractivity contribution >= 4 is 5.91 Å². The molecule has 0 bridgehead atoms. The minimum Gasteiger partial charge on any atom is -0.504 e. The van der Waals surface area contributed by atoms with Gasteiger partial charge in [0.15, 0.2) is 11.5 Å². The van der Waals surface area contributed by atoms with Crippen molar-refractivity contribution in [1.82, 2.24) is 10.6 Å². The van der Waals surface area contributed by atoms with E-state index in [0.717, 1.165) is 19.4 Å². The van der Waals surface area contributed by atoms with Crippen molar-refractivity contribution in [1.29, 1.82) is 0 Å². The predicted molar refractivity (Wildman–Crippen MR) is 63.1 cm³/mol. The number of nitrogens with one attached hydrogen (secondary N) is 2. The molecule has 2 rings (SSSR count). The molecule has 1 saturated heterocycles. The molecule has 1 aromatic carbocycles. The Morgan fingerprint density at radius 2 is 2.29 bits per heavy atom. The highest BCUT2D eigenvalue weighted by molar-refractivity contribution is 5.97. The van der Waals surface area contributed by atoms with Gasteiger partial charge in [0.05, 0.1) is 5.56 Å². The van der Waals surface area contributed by atoms with Gasteiger partial charge in [-0.15, -0.1) is 0 Å². The van der Waals surface area contributed by atoms with E-state index in [1.807, 2.05) is 0 Å². The van der Waals surface area contributed by atoms with Crippen LogP contribution in [0, 0.1) is 0 Å². The molecule has 1 aliphatic heterocycles. The van der Waals surface area contributed by atoms with E-state index < -0.39 is 0 Å². The van der Waals surface area contributed by atoms with Gasteiger partial charge in [-0.3, -0.25) is 4.79 Å². The molecular weight excluding hydrogens is 220 g/mol. The number of benzene rings is 1. The zero-order chi connectivity index (χ0) is 12.3. The average molecular weight is 236 g/mol. The lowest BCUT2D eigenvalue weighted by atomic mass is 10.1. The maximum Gasteiger partial charge on any atom is 0.255 e. The second kappa shape index (κ2) is 5.05. The maximum absolute atomic E-state index is 11.8. The second-order valence-electron chi connectivity index (χ2n) is 4.18. The lowest BCUT2D eigenvalue weighted by molar-refractivity contribution is 0.0947. The molecule has 1 aliphatic rings. The molecular formula is C12H16N2O3. The molecule has 17 heavy (non-hydrogen) atoms. The fourth-order valence-corrected chi connectivity index (χ4v) is 1.96. The number of hydrogen-bond acceptors (Lipinski definition) is 4. The Morgan fingerprint density at radius 1 is 1.47 bits per heavy atom. The van der Waals surface area contributed by atoms with E-state index in [1.165, 1.54) is 18.2 Å². The van der Waals surface area contributed by atoms with E-state index in [4.69, 9.17) is 0 Å². The van der Waals surface area contributed by atoms with Gasteiger partial charge in [0.1, 0.15) is 0 Å². The summed E-state index contributed by atoms with van der Waals surface area (Å²) in [6, 6.07) is 4.65. The van der Waals surface area contributed by atoms with Crippen LogP contribution in [0.4, 0.5) is 0 Å². The zero-order valence-corrected chi connectivity index (χ0v) is 9.44. The topological polar surface area (TPSA) is 81.6 Å². The number of rotatable bonds is 3. The minimum absolute atomic E-state index is 0.1000. The molecule has 0 aromatic heterocycles. The summed E-state index contributed by atoms with van der Waals surface area (Å²) in [4.78, 5) is 11.8. The Bertz CT molecular complexity index is 414. The third-order valence-electron chi connectivity index (χ3n) is 2.93. The van der Waals surface area contributed by atoms with Gasteiger partial charge in [-0.1, -0.05) is 6.07 Å².